The van der Waals surface area contributed by atoms with Crippen molar-refractivity contribution in [3.63, 3.8) is 0 Å². The summed E-state index contributed by atoms with van der Waals surface area (Å²) in [6, 6.07) is -0.947. The Balaban J connectivity index is 1.72. The molecule has 3 N–H and O–H groups in total. The Bertz CT molecular complexity index is 1120. The second-order valence-corrected chi connectivity index (χ2v) is 10.1. The molecular weight excluding hydrogens is 487 g/mol. The topological polar surface area (TPSA) is 42.6 Å². The molecule has 206 valence electrons. The highest BCUT2D eigenvalue weighted by atomic mass is 19.4. The molecule has 2 aliphatic heterocycles. The Morgan fingerprint density at radius 3 is 2.34 bits per heavy atom. The number of rotatable bonds is 13. The van der Waals surface area contributed by atoms with Gasteiger partial charge in [0, 0.05) is 41.9 Å². The Morgan fingerprint density at radius 2 is 1.74 bits per heavy atom. The second-order valence-electron chi connectivity index (χ2n) is 10.1. The fourth-order valence-corrected chi connectivity index (χ4v) is 4.60. The standard InChI is InChI=1S/C30H40F3N5/c1-9-10-26(22(5)36-27-12-13-27)17-20(3)34-25(8)38-23(6)29(37-16-15-28(38)18-37)14-11-19(2)21(4)35-24(7)30(31,32)33/h9-11,14,17,24,27-28,34-36H,2-5,8,12-13,15-16,18H2,1,6-7H3/b10-9-,14-11-,26-17+/t24-,28?/m1/s1. The van der Waals surface area contributed by atoms with E-state index in [1.165, 1.54) is 12.8 Å². The van der Waals surface area contributed by atoms with Gasteiger partial charge in [0.2, 0.25) is 0 Å². The molecule has 2 bridgehead atoms. The number of halogens is 3. The highest BCUT2D eigenvalue weighted by Gasteiger charge is 2.37. The smallest absolute Gasteiger partial charge is 0.382 e. The molecule has 0 radical (unpaired) electrons. The van der Waals surface area contributed by atoms with E-state index < -0.39 is 12.2 Å². The third-order valence-electron chi connectivity index (χ3n) is 6.89. The van der Waals surface area contributed by atoms with E-state index in [0.29, 0.717) is 23.1 Å². The van der Waals surface area contributed by atoms with Gasteiger partial charge in [-0.1, -0.05) is 51.1 Å². The molecule has 2 fully saturated rings. The molecule has 2 heterocycles. The molecule has 2 atom stereocenters. The lowest BCUT2D eigenvalue weighted by Crippen LogP contribution is -2.43. The predicted molar refractivity (Wildman–Crippen MR) is 150 cm³/mol. The molecule has 38 heavy (non-hydrogen) atoms. The van der Waals surface area contributed by atoms with Crippen LogP contribution in [0.25, 0.3) is 0 Å². The zero-order valence-corrected chi connectivity index (χ0v) is 22.7. The Morgan fingerprint density at radius 1 is 1.05 bits per heavy atom. The van der Waals surface area contributed by atoms with Gasteiger partial charge in [0.1, 0.15) is 11.9 Å². The third-order valence-corrected chi connectivity index (χ3v) is 6.89. The van der Waals surface area contributed by atoms with Crippen LogP contribution in [0.15, 0.2) is 109 Å². The van der Waals surface area contributed by atoms with E-state index in [1.54, 1.807) is 6.08 Å². The van der Waals surface area contributed by atoms with Crippen LogP contribution < -0.4 is 16.0 Å². The van der Waals surface area contributed by atoms with E-state index in [4.69, 9.17) is 0 Å². The van der Waals surface area contributed by atoms with Crippen molar-refractivity contribution in [3.05, 3.63) is 109 Å². The van der Waals surface area contributed by atoms with E-state index in [-0.39, 0.29) is 11.7 Å². The molecule has 0 amide bonds. The Kier molecular flexibility index (Phi) is 9.07. The lowest BCUT2D eigenvalue weighted by atomic mass is 10.1. The van der Waals surface area contributed by atoms with Gasteiger partial charge in [-0.3, -0.25) is 0 Å². The minimum absolute atomic E-state index is 0.139. The van der Waals surface area contributed by atoms with Gasteiger partial charge in [0.15, 0.2) is 0 Å². The predicted octanol–water partition coefficient (Wildman–Crippen LogP) is 6.12. The number of allylic oxidation sites excluding steroid dienone is 6. The highest BCUT2D eigenvalue weighted by molar-refractivity contribution is 5.43. The van der Waals surface area contributed by atoms with E-state index >= 15 is 0 Å². The summed E-state index contributed by atoms with van der Waals surface area (Å²) in [5.41, 5.74) is 5.01. The second kappa shape index (κ2) is 11.9. The van der Waals surface area contributed by atoms with Crippen molar-refractivity contribution in [3.8, 4) is 0 Å². The summed E-state index contributed by atoms with van der Waals surface area (Å²) in [6.45, 7) is 27.0. The first-order chi connectivity index (χ1) is 17.8. The van der Waals surface area contributed by atoms with Crippen LogP contribution in [0, 0.1) is 0 Å². The molecule has 0 aromatic carbocycles. The summed E-state index contributed by atoms with van der Waals surface area (Å²) < 4.78 is 38.7. The van der Waals surface area contributed by atoms with Gasteiger partial charge in [-0.2, -0.15) is 13.2 Å². The Labute approximate surface area is 225 Å². The van der Waals surface area contributed by atoms with Gasteiger partial charge in [-0.25, -0.2) is 0 Å². The Hall–Kier alpha value is -3.55. The normalized spacial score (nSPS) is 20.7. The molecule has 0 spiro atoms. The van der Waals surface area contributed by atoms with Crippen LogP contribution in [0.3, 0.4) is 0 Å². The fourth-order valence-electron chi connectivity index (χ4n) is 4.60. The van der Waals surface area contributed by atoms with Crippen LogP contribution in [0.2, 0.25) is 0 Å². The van der Waals surface area contributed by atoms with Crippen molar-refractivity contribution in [2.75, 3.05) is 13.1 Å². The number of hydrogen-bond donors (Lipinski definition) is 3. The molecule has 1 saturated heterocycles. The average Bonchev–Trinajstić information content (AvgIpc) is 3.54. The summed E-state index contributed by atoms with van der Waals surface area (Å²) in [5, 5.41) is 9.16. The van der Waals surface area contributed by atoms with Crippen molar-refractivity contribution in [1.29, 1.82) is 0 Å². The van der Waals surface area contributed by atoms with Gasteiger partial charge in [-0.15, -0.1) is 0 Å². The largest absolute Gasteiger partial charge is 0.408 e. The summed E-state index contributed by atoms with van der Waals surface area (Å²) in [4.78, 5) is 4.45. The van der Waals surface area contributed by atoms with Gasteiger partial charge in [0.05, 0.1) is 11.7 Å². The number of hydrogen-bond acceptors (Lipinski definition) is 5. The molecule has 0 aromatic rings. The molecule has 0 aromatic heterocycles. The molecule has 5 nitrogen and oxygen atoms in total. The first-order valence-electron chi connectivity index (χ1n) is 12.9. The van der Waals surface area contributed by atoms with E-state index in [0.717, 1.165) is 49.1 Å². The zero-order chi connectivity index (χ0) is 28.2. The summed E-state index contributed by atoms with van der Waals surface area (Å²) in [6.07, 6.45) is 8.45. The molecular formula is C30H40F3N5. The molecule has 8 heteroatoms. The van der Waals surface area contributed by atoms with Crippen LogP contribution in [-0.4, -0.2) is 47.2 Å². The first-order valence-corrected chi connectivity index (χ1v) is 12.9. The maximum absolute atomic E-state index is 12.9. The van der Waals surface area contributed by atoms with Gasteiger partial charge < -0.3 is 25.8 Å². The van der Waals surface area contributed by atoms with E-state index in [9.17, 15) is 13.2 Å². The van der Waals surface area contributed by atoms with E-state index in [1.807, 2.05) is 38.2 Å². The fraction of sp³-hybridized carbons (Fsp3) is 0.400. The van der Waals surface area contributed by atoms with Crippen molar-refractivity contribution >= 4 is 0 Å². The van der Waals surface area contributed by atoms with Gasteiger partial charge in [0.25, 0.3) is 0 Å². The van der Waals surface area contributed by atoms with Crippen LogP contribution >= 0.6 is 0 Å². The van der Waals surface area contributed by atoms with Crippen LogP contribution in [0.4, 0.5) is 13.2 Å². The van der Waals surface area contributed by atoms with Gasteiger partial charge in [-0.05, 0) is 63.3 Å². The quantitative estimate of drug-likeness (QED) is 0.252. The summed E-state index contributed by atoms with van der Waals surface area (Å²) in [5.74, 6) is 0.714. The molecule has 3 rings (SSSR count). The monoisotopic (exact) mass is 527 g/mol. The third kappa shape index (κ3) is 7.27. The first kappa shape index (κ1) is 29.0. The molecule has 1 saturated carbocycles. The van der Waals surface area contributed by atoms with E-state index in [2.05, 4.69) is 58.6 Å². The molecule has 3 aliphatic rings. The number of nitrogens with zero attached hydrogens (tertiary/aromatic N) is 2. The van der Waals surface area contributed by atoms with Crippen molar-refractivity contribution in [2.24, 2.45) is 0 Å². The SMILES string of the molecule is C=C(/C=C(\C=C/C)C(=C)NC1CC1)NC(=C)N1C(C)=C(/C=C\C(=C)C(=C)N[C@H](C)C(F)(F)F)N2CCC1C2. The molecule has 1 aliphatic carbocycles. The lowest BCUT2D eigenvalue weighted by Gasteiger charge is -2.39. The number of fused-ring (bicyclic) bond motifs is 2. The summed E-state index contributed by atoms with van der Waals surface area (Å²) >= 11 is 0. The number of nitrogens with one attached hydrogen (secondary N) is 3. The highest BCUT2D eigenvalue weighted by Crippen LogP contribution is 2.34. The zero-order valence-electron chi connectivity index (χ0n) is 22.7. The van der Waals surface area contributed by atoms with Gasteiger partial charge >= 0.3 is 6.18 Å². The lowest BCUT2D eigenvalue weighted by molar-refractivity contribution is -0.149. The van der Waals surface area contributed by atoms with Crippen LogP contribution in [0.1, 0.15) is 40.0 Å². The summed E-state index contributed by atoms with van der Waals surface area (Å²) in [7, 11) is 0. The van der Waals surface area contributed by atoms with Crippen LogP contribution in [0.5, 0.6) is 0 Å². The van der Waals surface area contributed by atoms with Crippen LogP contribution in [-0.2, 0) is 0 Å². The maximum atomic E-state index is 12.9. The van der Waals surface area contributed by atoms with Crippen molar-refractivity contribution < 1.29 is 13.2 Å². The average molecular weight is 528 g/mol. The minimum Gasteiger partial charge on any atom is -0.382 e. The number of alkyl halides is 3. The minimum atomic E-state index is -4.36. The van der Waals surface area contributed by atoms with Crippen molar-refractivity contribution in [1.82, 2.24) is 25.8 Å². The molecule has 1 unspecified atom stereocenters. The van der Waals surface area contributed by atoms with Crippen molar-refractivity contribution in [2.45, 2.75) is 64.3 Å². The maximum Gasteiger partial charge on any atom is 0.408 e.